The first-order chi connectivity index (χ1) is 9.50. The van der Waals surface area contributed by atoms with Crippen molar-refractivity contribution in [1.29, 1.82) is 0 Å². The first-order valence-electron chi connectivity index (χ1n) is 6.86. The van der Waals surface area contributed by atoms with Crippen LogP contribution >= 0.6 is 0 Å². The molecule has 0 aliphatic heterocycles. The zero-order valence-corrected chi connectivity index (χ0v) is 12.3. The van der Waals surface area contributed by atoms with E-state index in [2.05, 4.69) is 50.2 Å². The van der Waals surface area contributed by atoms with Crippen LogP contribution in [0.25, 0.3) is 0 Å². The van der Waals surface area contributed by atoms with E-state index in [1.54, 1.807) is 0 Å². The zero-order valence-electron chi connectivity index (χ0n) is 12.3. The number of hydrogen-bond acceptors (Lipinski definition) is 2. The van der Waals surface area contributed by atoms with Gasteiger partial charge in [0.25, 0.3) is 0 Å². The SMILES string of the molecule is CC(C)(C)c1ccc(CC(=NO)c2ccccc2)cc1. The molecule has 0 radical (unpaired) electrons. The van der Waals surface area contributed by atoms with Crippen LogP contribution < -0.4 is 0 Å². The Kier molecular flexibility index (Phi) is 4.23. The molecule has 2 nitrogen and oxygen atoms in total. The summed E-state index contributed by atoms with van der Waals surface area (Å²) in [6.07, 6.45) is 0.630. The molecule has 2 heteroatoms. The number of benzene rings is 2. The molecule has 0 amide bonds. The van der Waals surface area contributed by atoms with Gasteiger partial charge in [0.05, 0.1) is 5.71 Å². The summed E-state index contributed by atoms with van der Waals surface area (Å²) in [6.45, 7) is 6.60. The predicted octanol–water partition coefficient (Wildman–Crippen LogP) is 4.41. The van der Waals surface area contributed by atoms with Gasteiger partial charge in [-0.2, -0.15) is 0 Å². The minimum absolute atomic E-state index is 0.159. The Hall–Kier alpha value is -2.09. The molecule has 20 heavy (non-hydrogen) atoms. The van der Waals surface area contributed by atoms with Gasteiger partial charge >= 0.3 is 0 Å². The quantitative estimate of drug-likeness (QED) is 0.499. The monoisotopic (exact) mass is 267 g/mol. The number of rotatable bonds is 3. The molecule has 0 aromatic heterocycles. The van der Waals surface area contributed by atoms with Crippen molar-refractivity contribution < 1.29 is 5.21 Å². The van der Waals surface area contributed by atoms with Crippen LogP contribution in [0.15, 0.2) is 59.8 Å². The fourth-order valence-corrected chi connectivity index (χ4v) is 2.14. The molecule has 2 rings (SSSR count). The number of oxime groups is 1. The van der Waals surface area contributed by atoms with E-state index in [1.807, 2.05) is 30.3 Å². The van der Waals surface area contributed by atoms with E-state index in [1.165, 1.54) is 5.56 Å². The van der Waals surface area contributed by atoms with Crippen LogP contribution in [0, 0.1) is 0 Å². The Balaban J connectivity index is 2.17. The van der Waals surface area contributed by atoms with E-state index in [4.69, 9.17) is 0 Å². The lowest BCUT2D eigenvalue weighted by Gasteiger charge is -2.19. The molecular formula is C18H21NO. The third-order valence-electron chi connectivity index (χ3n) is 3.42. The van der Waals surface area contributed by atoms with Crippen molar-refractivity contribution in [1.82, 2.24) is 0 Å². The van der Waals surface area contributed by atoms with Crippen LogP contribution in [0.5, 0.6) is 0 Å². The molecule has 104 valence electrons. The Morgan fingerprint density at radius 2 is 1.55 bits per heavy atom. The lowest BCUT2D eigenvalue weighted by atomic mass is 9.86. The average Bonchev–Trinajstić information content (AvgIpc) is 2.45. The highest BCUT2D eigenvalue weighted by molar-refractivity contribution is 6.01. The summed E-state index contributed by atoms with van der Waals surface area (Å²) in [5.41, 5.74) is 4.26. The van der Waals surface area contributed by atoms with Crippen LogP contribution in [0.1, 0.15) is 37.5 Å². The van der Waals surface area contributed by atoms with Crippen molar-refractivity contribution in [3.8, 4) is 0 Å². The largest absolute Gasteiger partial charge is 0.411 e. The molecule has 0 heterocycles. The van der Waals surface area contributed by atoms with Crippen LogP contribution in [-0.2, 0) is 11.8 Å². The molecule has 2 aromatic carbocycles. The summed E-state index contributed by atoms with van der Waals surface area (Å²) in [4.78, 5) is 0. The summed E-state index contributed by atoms with van der Waals surface area (Å²) < 4.78 is 0. The molecule has 0 bridgehead atoms. The fraction of sp³-hybridized carbons (Fsp3) is 0.278. The van der Waals surface area contributed by atoms with Crippen LogP contribution in [0.2, 0.25) is 0 Å². The number of hydrogen-bond donors (Lipinski definition) is 1. The molecule has 0 unspecified atom stereocenters. The minimum Gasteiger partial charge on any atom is -0.411 e. The van der Waals surface area contributed by atoms with E-state index < -0.39 is 0 Å². The van der Waals surface area contributed by atoms with Gasteiger partial charge in [0, 0.05) is 6.42 Å². The van der Waals surface area contributed by atoms with Crippen molar-refractivity contribution in [3.63, 3.8) is 0 Å². The first-order valence-corrected chi connectivity index (χ1v) is 6.86. The molecule has 0 aliphatic rings. The lowest BCUT2D eigenvalue weighted by molar-refractivity contribution is 0.318. The van der Waals surface area contributed by atoms with Gasteiger partial charge in [-0.15, -0.1) is 0 Å². The fourth-order valence-electron chi connectivity index (χ4n) is 2.14. The van der Waals surface area contributed by atoms with Crippen LogP contribution in [0.3, 0.4) is 0 Å². The van der Waals surface area contributed by atoms with Crippen molar-refractivity contribution in [2.75, 3.05) is 0 Å². The molecule has 0 atom stereocenters. The Bertz CT molecular complexity index is 577. The van der Waals surface area contributed by atoms with Gasteiger partial charge in [-0.3, -0.25) is 0 Å². The van der Waals surface area contributed by atoms with Gasteiger partial charge in [0.2, 0.25) is 0 Å². The Labute approximate surface area is 120 Å². The Morgan fingerprint density at radius 1 is 0.950 bits per heavy atom. The van der Waals surface area contributed by atoms with Gasteiger partial charge in [-0.25, -0.2) is 0 Å². The van der Waals surface area contributed by atoms with E-state index >= 15 is 0 Å². The van der Waals surface area contributed by atoms with Gasteiger partial charge in [-0.05, 0) is 22.1 Å². The first kappa shape index (κ1) is 14.3. The highest BCUT2D eigenvalue weighted by atomic mass is 16.4. The molecule has 0 saturated heterocycles. The molecular weight excluding hydrogens is 246 g/mol. The Morgan fingerprint density at radius 3 is 2.05 bits per heavy atom. The summed E-state index contributed by atoms with van der Waals surface area (Å²) in [7, 11) is 0. The summed E-state index contributed by atoms with van der Waals surface area (Å²) >= 11 is 0. The van der Waals surface area contributed by atoms with Crippen molar-refractivity contribution >= 4 is 5.71 Å². The van der Waals surface area contributed by atoms with Crippen molar-refractivity contribution in [3.05, 3.63) is 71.3 Å². The van der Waals surface area contributed by atoms with Gasteiger partial charge < -0.3 is 5.21 Å². The number of nitrogens with zero attached hydrogens (tertiary/aromatic N) is 1. The lowest BCUT2D eigenvalue weighted by Crippen LogP contribution is -2.11. The van der Waals surface area contributed by atoms with E-state index in [9.17, 15) is 5.21 Å². The second kappa shape index (κ2) is 5.91. The van der Waals surface area contributed by atoms with Crippen LogP contribution in [-0.4, -0.2) is 10.9 Å². The van der Waals surface area contributed by atoms with E-state index in [0.717, 1.165) is 11.1 Å². The molecule has 0 saturated carbocycles. The normalized spacial score (nSPS) is 12.4. The van der Waals surface area contributed by atoms with Crippen LogP contribution in [0.4, 0.5) is 0 Å². The molecule has 1 N–H and O–H groups in total. The summed E-state index contributed by atoms with van der Waals surface area (Å²) in [5, 5.41) is 12.7. The molecule has 2 aromatic rings. The molecule has 0 fully saturated rings. The summed E-state index contributed by atoms with van der Waals surface area (Å²) in [6, 6.07) is 18.3. The van der Waals surface area contributed by atoms with Crippen molar-refractivity contribution in [2.24, 2.45) is 5.16 Å². The van der Waals surface area contributed by atoms with Gasteiger partial charge in [-0.1, -0.05) is 80.5 Å². The second-order valence-corrected chi connectivity index (χ2v) is 6.04. The highest BCUT2D eigenvalue weighted by Gasteiger charge is 2.13. The highest BCUT2D eigenvalue weighted by Crippen LogP contribution is 2.22. The van der Waals surface area contributed by atoms with E-state index in [-0.39, 0.29) is 5.41 Å². The third-order valence-corrected chi connectivity index (χ3v) is 3.42. The smallest absolute Gasteiger partial charge is 0.0911 e. The van der Waals surface area contributed by atoms with E-state index in [0.29, 0.717) is 12.1 Å². The molecule has 0 spiro atoms. The van der Waals surface area contributed by atoms with Gasteiger partial charge in [0.15, 0.2) is 0 Å². The molecule has 0 aliphatic carbocycles. The standard InChI is InChI=1S/C18H21NO/c1-18(2,3)16-11-9-14(10-12-16)13-17(19-20)15-7-5-4-6-8-15/h4-12,20H,13H2,1-3H3. The topological polar surface area (TPSA) is 32.6 Å². The summed E-state index contributed by atoms with van der Waals surface area (Å²) in [5.74, 6) is 0. The third kappa shape index (κ3) is 3.47. The average molecular weight is 267 g/mol. The van der Waals surface area contributed by atoms with Crippen molar-refractivity contribution in [2.45, 2.75) is 32.6 Å². The maximum atomic E-state index is 9.21. The maximum absolute atomic E-state index is 9.21. The second-order valence-electron chi connectivity index (χ2n) is 6.04. The minimum atomic E-state index is 0.159. The maximum Gasteiger partial charge on any atom is 0.0911 e. The van der Waals surface area contributed by atoms with Gasteiger partial charge in [0.1, 0.15) is 0 Å². The predicted molar refractivity (Wildman–Crippen MR) is 83.6 cm³/mol. The zero-order chi connectivity index (χ0) is 14.6.